The van der Waals surface area contributed by atoms with E-state index in [1.807, 2.05) is 26.1 Å². The lowest BCUT2D eigenvalue weighted by atomic mass is 9.82. The van der Waals surface area contributed by atoms with E-state index < -0.39 is 11.9 Å². The summed E-state index contributed by atoms with van der Waals surface area (Å²) in [6.45, 7) is 10.1. The average molecular weight is 460 g/mol. The highest BCUT2D eigenvalue weighted by Gasteiger charge is 2.44. The second kappa shape index (κ2) is 8.30. The molecule has 0 spiro atoms. The van der Waals surface area contributed by atoms with Crippen LogP contribution in [0.5, 0.6) is 0 Å². The molecule has 2 atom stereocenters. The Balaban J connectivity index is 1.42. The molecule has 1 saturated heterocycles. The van der Waals surface area contributed by atoms with E-state index >= 15 is 0 Å². The number of aryl methyl sites for hydroxylation is 1. The van der Waals surface area contributed by atoms with E-state index in [0.29, 0.717) is 24.7 Å². The smallest absolute Gasteiger partial charge is 0.308 e. The number of aliphatic carboxylic acids is 1. The first-order valence-electron chi connectivity index (χ1n) is 11.6. The van der Waals surface area contributed by atoms with E-state index in [0.717, 1.165) is 41.4 Å². The van der Waals surface area contributed by atoms with Crippen LogP contribution in [0.15, 0.2) is 36.8 Å². The molecule has 9 nitrogen and oxygen atoms in total. The van der Waals surface area contributed by atoms with Crippen molar-refractivity contribution < 1.29 is 9.90 Å². The summed E-state index contributed by atoms with van der Waals surface area (Å²) >= 11 is 0. The molecule has 9 heteroatoms. The van der Waals surface area contributed by atoms with Gasteiger partial charge in [-0.1, -0.05) is 13.8 Å². The number of aromatic nitrogens is 5. The Hall–Kier alpha value is -3.62. The third-order valence-corrected chi connectivity index (χ3v) is 6.98. The van der Waals surface area contributed by atoms with Crippen LogP contribution in [0.3, 0.4) is 0 Å². The first-order chi connectivity index (χ1) is 16.2. The number of pyridine rings is 1. The summed E-state index contributed by atoms with van der Waals surface area (Å²) in [5, 5.41) is 9.67. The van der Waals surface area contributed by atoms with Crippen molar-refractivity contribution in [1.29, 1.82) is 0 Å². The molecule has 1 fully saturated rings. The van der Waals surface area contributed by atoms with Crippen molar-refractivity contribution in [2.45, 2.75) is 40.2 Å². The number of carboxylic acids is 1. The molecule has 0 aromatic carbocycles. The lowest BCUT2D eigenvalue weighted by Gasteiger charge is -2.36. The second-order valence-electron chi connectivity index (χ2n) is 9.91. The Labute approximate surface area is 198 Å². The van der Waals surface area contributed by atoms with Crippen LogP contribution in [0, 0.1) is 18.3 Å². The predicted octanol–water partition coefficient (Wildman–Crippen LogP) is 3.31. The molecule has 5 heterocycles. The second-order valence-corrected chi connectivity index (χ2v) is 9.91. The third kappa shape index (κ3) is 3.95. The lowest BCUT2D eigenvalue weighted by Crippen LogP contribution is -2.36. The lowest BCUT2D eigenvalue weighted by molar-refractivity contribution is -0.143. The van der Waals surface area contributed by atoms with E-state index in [9.17, 15) is 9.90 Å². The fraction of sp³-hybridized carbons (Fsp3) is 0.440. The van der Waals surface area contributed by atoms with Crippen LogP contribution in [0.2, 0.25) is 0 Å². The topological polar surface area (TPSA) is 108 Å². The quantitative estimate of drug-likeness (QED) is 0.628. The summed E-state index contributed by atoms with van der Waals surface area (Å²) in [6.07, 6.45) is 6.03. The number of carboxylic acid groups (broad SMARTS) is 1. The summed E-state index contributed by atoms with van der Waals surface area (Å²) in [6, 6.07) is 5.96. The Kier molecular flexibility index (Phi) is 5.42. The van der Waals surface area contributed by atoms with Gasteiger partial charge in [0.25, 0.3) is 0 Å². The van der Waals surface area contributed by atoms with Crippen LogP contribution < -0.4 is 9.80 Å². The minimum absolute atomic E-state index is 0.0541. The monoisotopic (exact) mass is 459 g/mol. The molecule has 2 aliphatic heterocycles. The minimum atomic E-state index is -0.748. The normalized spacial score (nSPS) is 21.4. The van der Waals surface area contributed by atoms with Crippen LogP contribution in [0.25, 0.3) is 11.6 Å². The summed E-state index contributed by atoms with van der Waals surface area (Å²) < 4.78 is 0. The first kappa shape index (κ1) is 22.2. The number of rotatable bonds is 4. The van der Waals surface area contributed by atoms with Crippen molar-refractivity contribution >= 4 is 17.6 Å². The van der Waals surface area contributed by atoms with Gasteiger partial charge in [-0.05, 0) is 43.0 Å². The van der Waals surface area contributed by atoms with Crippen LogP contribution in [-0.2, 0) is 11.2 Å². The third-order valence-electron chi connectivity index (χ3n) is 6.98. The van der Waals surface area contributed by atoms with Gasteiger partial charge in [0.2, 0.25) is 0 Å². The highest BCUT2D eigenvalue weighted by Crippen LogP contribution is 2.39. The Morgan fingerprint density at radius 1 is 1.09 bits per heavy atom. The van der Waals surface area contributed by atoms with E-state index in [4.69, 9.17) is 9.97 Å². The molecule has 2 unspecified atom stereocenters. The van der Waals surface area contributed by atoms with Gasteiger partial charge in [-0.25, -0.2) is 24.9 Å². The summed E-state index contributed by atoms with van der Waals surface area (Å²) in [4.78, 5) is 39.0. The molecule has 34 heavy (non-hydrogen) atoms. The molecule has 3 aromatic rings. The molecule has 1 N–H and O–H groups in total. The number of fused-ring (bicyclic) bond motifs is 1. The van der Waals surface area contributed by atoms with Crippen molar-refractivity contribution in [3.63, 3.8) is 0 Å². The molecular formula is C25H29N7O2. The Morgan fingerprint density at radius 2 is 1.82 bits per heavy atom. The standard InChI is InChI=1S/C25H29N7O2/c1-15-10-20(31-13-18(24(33)34)25(3,4)14-31)30-21(11-15)32-9-6-19-17(16(32)2)12-28-23(29-19)22-26-7-5-8-27-22/h5,7-8,10-12,16,18H,6,9,13-14H2,1-4H3,(H,33,34). The van der Waals surface area contributed by atoms with Crippen molar-refractivity contribution in [2.75, 3.05) is 29.4 Å². The van der Waals surface area contributed by atoms with Crippen LogP contribution in [0.4, 0.5) is 11.6 Å². The Bertz CT molecular complexity index is 1230. The summed E-state index contributed by atoms with van der Waals surface area (Å²) in [7, 11) is 0. The van der Waals surface area contributed by atoms with E-state index in [1.165, 1.54) is 0 Å². The van der Waals surface area contributed by atoms with Crippen molar-refractivity contribution in [2.24, 2.45) is 11.3 Å². The predicted molar refractivity (Wildman–Crippen MR) is 129 cm³/mol. The fourth-order valence-corrected chi connectivity index (χ4v) is 5.06. The number of anilines is 2. The molecule has 0 radical (unpaired) electrons. The van der Waals surface area contributed by atoms with Gasteiger partial charge < -0.3 is 14.9 Å². The number of nitrogens with zero attached hydrogens (tertiary/aromatic N) is 7. The van der Waals surface area contributed by atoms with E-state index in [1.54, 1.807) is 18.5 Å². The zero-order chi connectivity index (χ0) is 24.0. The molecule has 0 saturated carbocycles. The van der Waals surface area contributed by atoms with Gasteiger partial charge in [0.05, 0.1) is 17.7 Å². The molecule has 3 aromatic heterocycles. The van der Waals surface area contributed by atoms with Crippen molar-refractivity contribution in [1.82, 2.24) is 24.9 Å². The molecule has 0 bridgehead atoms. The van der Waals surface area contributed by atoms with Crippen LogP contribution in [-0.4, -0.2) is 55.6 Å². The maximum Gasteiger partial charge on any atom is 0.308 e. The zero-order valence-corrected chi connectivity index (χ0v) is 19.9. The minimum Gasteiger partial charge on any atom is -0.481 e. The van der Waals surface area contributed by atoms with E-state index in [2.05, 4.69) is 44.7 Å². The van der Waals surface area contributed by atoms with Gasteiger partial charge in [-0.15, -0.1) is 0 Å². The van der Waals surface area contributed by atoms with Gasteiger partial charge in [-0.2, -0.15) is 0 Å². The fourth-order valence-electron chi connectivity index (χ4n) is 5.06. The van der Waals surface area contributed by atoms with Gasteiger partial charge in [0, 0.05) is 50.2 Å². The highest BCUT2D eigenvalue weighted by atomic mass is 16.4. The van der Waals surface area contributed by atoms with Crippen molar-refractivity contribution in [3.8, 4) is 11.6 Å². The number of carbonyl (C=O) groups is 1. The van der Waals surface area contributed by atoms with Gasteiger partial charge in [0.1, 0.15) is 11.6 Å². The molecule has 0 amide bonds. The Morgan fingerprint density at radius 3 is 2.53 bits per heavy atom. The molecule has 0 aliphatic carbocycles. The SMILES string of the molecule is Cc1cc(N2CC(C(=O)O)C(C)(C)C2)nc(N2CCc3nc(-c4ncccn4)ncc3C2C)c1. The molecule has 5 rings (SSSR count). The average Bonchev–Trinajstić information content (AvgIpc) is 3.15. The van der Waals surface area contributed by atoms with E-state index in [-0.39, 0.29) is 11.5 Å². The van der Waals surface area contributed by atoms with Crippen molar-refractivity contribution in [3.05, 3.63) is 53.6 Å². The van der Waals surface area contributed by atoms with Crippen LogP contribution in [0.1, 0.15) is 43.6 Å². The van der Waals surface area contributed by atoms with Gasteiger partial charge in [0.15, 0.2) is 11.6 Å². The highest BCUT2D eigenvalue weighted by molar-refractivity contribution is 5.73. The molecular weight excluding hydrogens is 430 g/mol. The largest absolute Gasteiger partial charge is 0.481 e. The zero-order valence-electron chi connectivity index (χ0n) is 19.9. The van der Waals surface area contributed by atoms with Gasteiger partial charge >= 0.3 is 5.97 Å². The number of hydrogen-bond acceptors (Lipinski definition) is 8. The first-order valence-corrected chi connectivity index (χ1v) is 11.6. The van der Waals surface area contributed by atoms with Crippen LogP contribution >= 0.6 is 0 Å². The maximum absolute atomic E-state index is 11.8. The summed E-state index contributed by atoms with van der Waals surface area (Å²) in [5.41, 5.74) is 2.87. The molecule has 176 valence electrons. The molecule has 2 aliphatic rings. The number of hydrogen-bond donors (Lipinski definition) is 1. The summed E-state index contributed by atoms with van der Waals surface area (Å²) in [5.74, 6) is 1.62. The van der Waals surface area contributed by atoms with Gasteiger partial charge in [-0.3, -0.25) is 4.79 Å². The maximum atomic E-state index is 11.8.